The maximum absolute atomic E-state index is 5.12. The number of rotatable bonds is 9. The quantitative estimate of drug-likeness (QED) is 0.230. The molecule has 0 spiro atoms. The van der Waals surface area contributed by atoms with Crippen molar-refractivity contribution in [3.8, 4) is 0 Å². The molecule has 1 fully saturated rings. The highest BCUT2D eigenvalue weighted by atomic mass is 127. The van der Waals surface area contributed by atoms with Crippen LogP contribution in [0.2, 0.25) is 0 Å². The molecule has 0 amide bonds. The van der Waals surface area contributed by atoms with Gasteiger partial charge in [-0.1, -0.05) is 12.8 Å². The maximum atomic E-state index is 5.12. The van der Waals surface area contributed by atoms with Crippen molar-refractivity contribution >= 4 is 29.9 Å². The van der Waals surface area contributed by atoms with Gasteiger partial charge in [-0.3, -0.25) is 4.68 Å². The largest absolute Gasteiger partial charge is 0.385 e. The third kappa shape index (κ3) is 6.95. The Morgan fingerprint density at radius 2 is 2.07 bits per heavy atom. The normalized spacial score (nSPS) is 14.8. The fraction of sp³-hybridized carbons (Fsp3) is 0.684. The first-order valence-corrected chi connectivity index (χ1v) is 10.1. The minimum atomic E-state index is 0. The Morgan fingerprint density at radius 1 is 1.28 bits per heavy atom. The standard InChI is InChI=1S/C19H32N8O.HI/c1-15-23-24-18(26(15)2)14-22-19(20-10-6-12-28-3)21-13-16-9-11-27(25-16)17-7-4-5-8-17;/h9,11,17H,4-8,10,12-14H2,1-3H3,(H2,20,21,22);1H. The number of ether oxygens (including phenoxy) is 1. The van der Waals surface area contributed by atoms with Crippen LogP contribution in [0.5, 0.6) is 0 Å². The zero-order valence-electron chi connectivity index (χ0n) is 17.6. The second-order valence-electron chi connectivity index (χ2n) is 7.24. The number of aromatic nitrogens is 5. The number of aryl methyl sites for hydroxylation is 1. The molecule has 9 nitrogen and oxygen atoms in total. The van der Waals surface area contributed by atoms with Gasteiger partial charge in [-0.05, 0) is 32.3 Å². The van der Waals surface area contributed by atoms with Crippen LogP contribution in [0.3, 0.4) is 0 Å². The van der Waals surface area contributed by atoms with Crippen molar-refractivity contribution in [3.05, 3.63) is 29.6 Å². The van der Waals surface area contributed by atoms with Crippen molar-refractivity contribution in [3.63, 3.8) is 0 Å². The molecule has 2 aromatic rings. The summed E-state index contributed by atoms with van der Waals surface area (Å²) < 4.78 is 9.20. The number of hydrogen-bond donors (Lipinski definition) is 2. The van der Waals surface area contributed by atoms with Gasteiger partial charge in [-0.25, -0.2) is 4.99 Å². The van der Waals surface area contributed by atoms with Gasteiger partial charge in [0.15, 0.2) is 11.8 Å². The molecule has 162 valence electrons. The second-order valence-corrected chi connectivity index (χ2v) is 7.24. The number of nitrogens with zero attached hydrogens (tertiary/aromatic N) is 6. The van der Waals surface area contributed by atoms with Crippen molar-refractivity contribution in [1.82, 2.24) is 35.2 Å². The summed E-state index contributed by atoms with van der Waals surface area (Å²) in [4.78, 5) is 4.70. The summed E-state index contributed by atoms with van der Waals surface area (Å²) in [6.07, 6.45) is 8.07. The number of methoxy groups -OCH3 is 1. The van der Waals surface area contributed by atoms with Gasteiger partial charge in [0.05, 0.1) is 24.8 Å². The molecule has 0 aliphatic heterocycles. The van der Waals surface area contributed by atoms with Crippen LogP contribution in [-0.4, -0.2) is 50.8 Å². The van der Waals surface area contributed by atoms with E-state index in [2.05, 4.69) is 37.8 Å². The molecule has 2 N–H and O–H groups in total. The van der Waals surface area contributed by atoms with Crippen molar-refractivity contribution in [2.24, 2.45) is 12.0 Å². The average molecular weight is 516 g/mol. The molecule has 1 aliphatic rings. The minimum Gasteiger partial charge on any atom is -0.385 e. The highest BCUT2D eigenvalue weighted by Crippen LogP contribution is 2.28. The summed E-state index contributed by atoms with van der Waals surface area (Å²) in [6, 6.07) is 2.62. The number of aliphatic imine (C=N–C) groups is 1. The molecule has 0 bridgehead atoms. The third-order valence-corrected chi connectivity index (χ3v) is 5.18. The summed E-state index contributed by atoms with van der Waals surface area (Å²) in [5, 5.41) is 19.7. The maximum Gasteiger partial charge on any atom is 0.192 e. The molecule has 0 saturated heterocycles. The number of hydrogen-bond acceptors (Lipinski definition) is 5. The third-order valence-electron chi connectivity index (χ3n) is 5.18. The van der Waals surface area contributed by atoms with Crippen molar-refractivity contribution in [2.75, 3.05) is 20.3 Å². The summed E-state index contributed by atoms with van der Waals surface area (Å²) >= 11 is 0. The molecule has 3 rings (SSSR count). The van der Waals surface area contributed by atoms with Gasteiger partial charge >= 0.3 is 0 Å². The number of guanidine groups is 1. The molecular formula is C19H33IN8O. The Balaban J connectivity index is 0.00000300. The van der Waals surface area contributed by atoms with Crippen LogP contribution >= 0.6 is 24.0 Å². The van der Waals surface area contributed by atoms with Gasteiger partial charge in [-0.15, -0.1) is 34.2 Å². The zero-order valence-corrected chi connectivity index (χ0v) is 19.9. The van der Waals surface area contributed by atoms with E-state index >= 15 is 0 Å². The molecule has 0 atom stereocenters. The number of halogens is 1. The van der Waals surface area contributed by atoms with Crippen LogP contribution in [0.25, 0.3) is 0 Å². The van der Waals surface area contributed by atoms with Crippen LogP contribution in [0, 0.1) is 6.92 Å². The van der Waals surface area contributed by atoms with Crippen LogP contribution in [-0.2, 0) is 24.9 Å². The van der Waals surface area contributed by atoms with Crippen molar-refractivity contribution < 1.29 is 4.74 Å². The van der Waals surface area contributed by atoms with Crippen LogP contribution in [0.15, 0.2) is 17.3 Å². The lowest BCUT2D eigenvalue weighted by Crippen LogP contribution is -2.38. The lowest BCUT2D eigenvalue weighted by atomic mass is 10.3. The van der Waals surface area contributed by atoms with Gasteiger partial charge in [0, 0.05) is 33.5 Å². The molecule has 1 aliphatic carbocycles. The summed E-state index contributed by atoms with van der Waals surface area (Å²) in [7, 11) is 3.68. The van der Waals surface area contributed by atoms with E-state index in [-0.39, 0.29) is 24.0 Å². The van der Waals surface area contributed by atoms with E-state index in [4.69, 9.17) is 14.8 Å². The SMILES string of the molecule is COCCCNC(=NCc1ccn(C2CCCC2)n1)NCc1nnc(C)n1C.I. The molecule has 0 unspecified atom stereocenters. The highest BCUT2D eigenvalue weighted by Gasteiger charge is 2.17. The van der Waals surface area contributed by atoms with E-state index in [1.54, 1.807) is 7.11 Å². The molecule has 10 heteroatoms. The molecular weight excluding hydrogens is 483 g/mol. The first kappa shape index (κ1) is 23.6. The average Bonchev–Trinajstić information content (AvgIpc) is 3.44. The number of nitrogens with one attached hydrogen (secondary N) is 2. The summed E-state index contributed by atoms with van der Waals surface area (Å²) in [5.41, 5.74) is 0.986. The Hall–Kier alpha value is -1.69. The molecule has 2 aromatic heterocycles. The van der Waals surface area contributed by atoms with E-state index in [0.29, 0.717) is 25.7 Å². The lowest BCUT2D eigenvalue weighted by Gasteiger charge is -2.12. The van der Waals surface area contributed by atoms with Crippen LogP contribution in [0.1, 0.15) is 55.5 Å². The molecule has 2 heterocycles. The predicted octanol–water partition coefficient (Wildman–Crippen LogP) is 2.33. The zero-order chi connectivity index (χ0) is 19.8. The van der Waals surface area contributed by atoms with Gasteiger partial charge < -0.3 is 19.9 Å². The predicted molar refractivity (Wildman–Crippen MR) is 123 cm³/mol. The highest BCUT2D eigenvalue weighted by molar-refractivity contribution is 14.0. The van der Waals surface area contributed by atoms with E-state index in [1.165, 1.54) is 25.7 Å². The molecule has 29 heavy (non-hydrogen) atoms. The smallest absolute Gasteiger partial charge is 0.192 e. The van der Waals surface area contributed by atoms with E-state index in [1.807, 2.05) is 18.5 Å². The first-order chi connectivity index (χ1) is 13.7. The van der Waals surface area contributed by atoms with Gasteiger partial charge in [0.25, 0.3) is 0 Å². The monoisotopic (exact) mass is 516 g/mol. The van der Waals surface area contributed by atoms with Crippen LogP contribution in [0.4, 0.5) is 0 Å². The van der Waals surface area contributed by atoms with Gasteiger partial charge in [0.2, 0.25) is 0 Å². The fourth-order valence-corrected chi connectivity index (χ4v) is 3.36. The van der Waals surface area contributed by atoms with Gasteiger partial charge in [-0.2, -0.15) is 5.10 Å². The van der Waals surface area contributed by atoms with E-state index in [0.717, 1.165) is 36.3 Å². The summed E-state index contributed by atoms with van der Waals surface area (Å²) in [5.74, 6) is 2.50. The van der Waals surface area contributed by atoms with E-state index in [9.17, 15) is 0 Å². The van der Waals surface area contributed by atoms with Gasteiger partial charge in [0.1, 0.15) is 5.82 Å². The molecule has 0 radical (unpaired) electrons. The van der Waals surface area contributed by atoms with Crippen molar-refractivity contribution in [1.29, 1.82) is 0 Å². The second kappa shape index (κ2) is 12.1. The van der Waals surface area contributed by atoms with E-state index < -0.39 is 0 Å². The Morgan fingerprint density at radius 3 is 2.76 bits per heavy atom. The topological polar surface area (TPSA) is 94.2 Å². The Bertz CT molecular complexity index is 766. The van der Waals surface area contributed by atoms with Crippen molar-refractivity contribution in [2.45, 2.75) is 58.2 Å². The molecule has 0 aromatic carbocycles. The Labute approximate surface area is 189 Å². The molecule has 1 saturated carbocycles. The fourth-order valence-electron chi connectivity index (χ4n) is 3.36. The minimum absolute atomic E-state index is 0. The van der Waals surface area contributed by atoms with Crippen LogP contribution < -0.4 is 10.6 Å². The summed E-state index contributed by atoms with van der Waals surface area (Å²) in [6.45, 7) is 4.54. The Kier molecular flexibility index (Phi) is 9.85. The first-order valence-electron chi connectivity index (χ1n) is 10.1. The lowest BCUT2D eigenvalue weighted by molar-refractivity contribution is 0.195.